The van der Waals surface area contributed by atoms with Crippen molar-refractivity contribution in [3.05, 3.63) is 65.2 Å². The van der Waals surface area contributed by atoms with Crippen LogP contribution in [-0.4, -0.2) is 68.1 Å². The maximum atomic E-state index is 12.8. The molecule has 2 aliphatic rings. The van der Waals surface area contributed by atoms with Crippen molar-refractivity contribution in [2.75, 3.05) is 51.2 Å². The summed E-state index contributed by atoms with van der Waals surface area (Å²) < 4.78 is 0. The lowest BCUT2D eigenvalue weighted by Gasteiger charge is -2.37. The van der Waals surface area contributed by atoms with Crippen molar-refractivity contribution in [2.24, 2.45) is 0 Å². The van der Waals surface area contributed by atoms with Crippen LogP contribution >= 0.6 is 0 Å². The van der Waals surface area contributed by atoms with E-state index in [-0.39, 0.29) is 11.9 Å². The van der Waals surface area contributed by atoms with Crippen LogP contribution in [0.25, 0.3) is 0 Å². The third-order valence-electron chi connectivity index (χ3n) is 7.76. The van der Waals surface area contributed by atoms with Crippen molar-refractivity contribution in [1.82, 2.24) is 15.1 Å². The van der Waals surface area contributed by atoms with Gasteiger partial charge >= 0.3 is 0 Å². The lowest BCUT2D eigenvalue weighted by atomic mass is 9.92. The summed E-state index contributed by atoms with van der Waals surface area (Å²) >= 11 is 0. The summed E-state index contributed by atoms with van der Waals surface area (Å²) in [5, 5.41) is 3.49. The number of hydrogen-bond acceptors (Lipinski definition) is 4. The van der Waals surface area contributed by atoms with Crippen LogP contribution in [0.3, 0.4) is 0 Å². The molecule has 1 saturated carbocycles. The van der Waals surface area contributed by atoms with E-state index in [1.165, 1.54) is 48.9 Å². The first-order valence-corrected chi connectivity index (χ1v) is 13.3. The zero-order valence-corrected chi connectivity index (χ0v) is 21.3. The maximum Gasteiger partial charge on any atom is 0.253 e. The molecule has 0 aromatic heterocycles. The standard InChI is InChI=1S/C29H42N4O/c1-4-32(5-2)29(34)24-16-14-23(15-17-24)28(33-20-18-30-19-21-33)25-10-9-13-27(22-25)31(3)26-11-7-6-8-12-26/h9-10,13-17,22,26,28,30H,4-8,11-12,18-21H2,1-3H3. The highest BCUT2D eigenvalue weighted by molar-refractivity contribution is 5.94. The first kappa shape index (κ1) is 24.7. The predicted molar refractivity (Wildman–Crippen MR) is 142 cm³/mol. The molecule has 2 aromatic rings. The topological polar surface area (TPSA) is 38.8 Å². The average molecular weight is 463 g/mol. The Hall–Kier alpha value is -2.37. The smallest absolute Gasteiger partial charge is 0.253 e. The molecule has 0 bridgehead atoms. The minimum atomic E-state index is 0.117. The third kappa shape index (κ3) is 5.64. The molecule has 2 fully saturated rings. The summed E-state index contributed by atoms with van der Waals surface area (Å²) in [5.74, 6) is 0.117. The van der Waals surface area contributed by atoms with E-state index in [0.29, 0.717) is 6.04 Å². The van der Waals surface area contributed by atoms with Crippen molar-refractivity contribution in [3.8, 4) is 0 Å². The number of hydrogen-bond donors (Lipinski definition) is 1. The second-order valence-electron chi connectivity index (χ2n) is 9.79. The molecular formula is C29H42N4O. The van der Waals surface area contributed by atoms with Crippen LogP contribution in [0.5, 0.6) is 0 Å². The Bertz CT molecular complexity index is 912. The number of anilines is 1. The van der Waals surface area contributed by atoms with Crippen LogP contribution in [0.1, 0.15) is 73.5 Å². The Morgan fingerprint density at radius 1 is 0.971 bits per heavy atom. The zero-order chi connectivity index (χ0) is 23.9. The van der Waals surface area contributed by atoms with Gasteiger partial charge in [0.15, 0.2) is 0 Å². The van der Waals surface area contributed by atoms with Crippen molar-refractivity contribution < 1.29 is 4.79 Å². The van der Waals surface area contributed by atoms with Crippen LogP contribution < -0.4 is 10.2 Å². The SMILES string of the molecule is CCN(CC)C(=O)c1ccc(C(c2cccc(N(C)C3CCCCC3)c2)N2CCNCC2)cc1. The van der Waals surface area contributed by atoms with E-state index in [2.05, 4.69) is 58.6 Å². The second kappa shape index (κ2) is 11.9. The molecule has 1 aliphatic carbocycles. The largest absolute Gasteiger partial charge is 0.372 e. The van der Waals surface area contributed by atoms with Gasteiger partial charge in [0, 0.05) is 63.6 Å². The number of rotatable bonds is 8. The molecular weight excluding hydrogens is 420 g/mol. The predicted octanol–water partition coefficient (Wildman–Crippen LogP) is 4.93. The van der Waals surface area contributed by atoms with Gasteiger partial charge in [0.1, 0.15) is 0 Å². The lowest BCUT2D eigenvalue weighted by Crippen LogP contribution is -2.45. The molecule has 0 radical (unpaired) electrons. The van der Waals surface area contributed by atoms with E-state index in [0.717, 1.165) is 44.8 Å². The fourth-order valence-electron chi connectivity index (χ4n) is 5.65. The van der Waals surface area contributed by atoms with E-state index in [9.17, 15) is 4.79 Å². The fourth-order valence-corrected chi connectivity index (χ4v) is 5.65. The van der Waals surface area contributed by atoms with Crippen molar-refractivity contribution >= 4 is 11.6 Å². The Morgan fingerprint density at radius 2 is 1.65 bits per heavy atom. The molecule has 4 rings (SSSR count). The summed E-state index contributed by atoms with van der Waals surface area (Å²) in [6.45, 7) is 9.61. The van der Waals surface area contributed by atoms with E-state index in [1.807, 2.05) is 30.9 Å². The number of carbonyl (C=O) groups excluding carboxylic acids is 1. The van der Waals surface area contributed by atoms with Crippen molar-refractivity contribution in [2.45, 2.75) is 58.0 Å². The molecule has 2 aromatic carbocycles. The molecule has 1 aliphatic heterocycles. The first-order valence-electron chi connectivity index (χ1n) is 13.3. The number of piperazine rings is 1. The van der Waals surface area contributed by atoms with Gasteiger partial charge in [-0.25, -0.2) is 0 Å². The van der Waals surface area contributed by atoms with E-state index >= 15 is 0 Å². The van der Waals surface area contributed by atoms with Crippen molar-refractivity contribution in [3.63, 3.8) is 0 Å². The van der Waals surface area contributed by atoms with Crippen LogP contribution in [0.2, 0.25) is 0 Å². The highest BCUT2D eigenvalue weighted by Crippen LogP contribution is 2.33. The monoisotopic (exact) mass is 462 g/mol. The van der Waals surface area contributed by atoms with E-state index in [4.69, 9.17) is 0 Å². The maximum absolute atomic E-state index is 12.8. The number of carbonyl (C=O) groups is 1. The molecule has 34 heavy (non-hydrogen) atoms. The average Bonchev–Trinajstić information content (AvgIpc) is 2.91. The molecule has 1 N–H and O–H groups in total. The minimum Gasteiger partial charge on any atom is -0.372 e. The van der Waals surface area contributed by atoms with E-state index < -0.39 is 0 Å². The Labute approximate surface area is 206 Å². The normalized spacial score (nSPS) is 18.4. The molecule has 1 unspecified atom stereocenters. The molecule has 5 heteroatoms. The third-order valence-corrected chi connectivity index (χ3v) is 7.76. The summed E-state index contributed by atoms with van der Waals surface area (Å²) in [6, 6.07) is 18.4. The van der Waals surface area contributed by atoms with Gasteiger partial charge in [0.05, 0.1) is 6.04 Å². The Morgan fingerprint density at radius 3 is 2.29 bits per heavy atom. The number of benzene rings is 2. The second-order valence-corrected chi connectivity index (χ2v) is 9.79. The Balaban J connectivity index is 1.62. The molecule has 184 valence electrons. The molecule has 1 saturated heterocycles. The summed E-state index contributed by atoms with van der Waals surface area (Å²) in [4.78, 5) is 19.8. The van der Waals surface area contributed by atoms with Crippen LogP contribution in [-0.2, 0) is 0 Å². The number of amides is 1. The van der Waals surface area contributed by atoms with Gasteiger partial charge in [0.2, 0.25) is 0 Å². The Kier molecular flexibility index (Phi) is 8.63. The lowest BCUT2D eigenvalue weighted by molar-refractivity contribution is 0.0773. The molecule has 1 amide bonds. The number of nitrogens with one attached hydrogen (secondary N) is 1. The molecule has 0 spiro atoms. The zero-order valence-electron chi connectivity index (χ0n) is 21.3. The van der Waals surface area contributed by atoms with E-state index in [1.54, 1.807) is 0 Å². The van der Waals surface area contributed by atoms with Gasteiger partial charge in [-0.15, -0.1) is 0 Å². The van der Waals surface area contributed by atoms with Crippen LogP contribution in [0.15, 0.2) is 48.5 Å². The van der Waals surface area contributed by atoms with Gasteiger partial charge in [0.25, 0.3) is 5.91 Å². The highest BCUT2D eigenvalue weighted by atomic mass is 16.2. The molecule has 5 nitrogen and oxygen atoms in total. The summed E-state index contributed by atoms with van der Waals surface area (Å²) in [6.07, 6.45) is 6.66. The van der Waals surface area contributed by atoms with Gasteiger partial charge in [-0.2, -0.15) is 0 Å². The quantitative estimate of drug-likeness (QED) is 0.604. The van der Waals surface area contributed by atoms with Gasteiger partial charge < -0.3 is 15.1 Å². The molecule has 1 atom stereocenters. The number of nitrogens with zero attached hydrogens (tertiary/aromatic N) is 3. The minimum absolute atomic E-state index is 0.117. The molecule has 1 heterocycles. The van der Waals surface area contributed by atoms with Gasteiger partial charge in [-0.1, -0.05) is 43.5 Å². The summed E-state index contributed by atoms with van der Waals surface area (Å²) in [7, 11) is 2.27. The van der Waals surface area contributed by atoms with Crippen LogP contribution in [0, 0.1) is 0 Å². The highest BCUT2D eigenvalue weighted by Gasteiger charge is 2.26. The van der Waals surface area contributed by atoms with Gasteiger partial charge in [-0.05, 0) is 62.1 Å². The summed E-state index contributed by atoms with van der Waals surface area (Å²) in [5.41, 5.74) is 4.69. The first-order chi connectivity index (χ1) is 16.6. The van der Waals surface area contributed by atoms with Crippen LogP contribution in [0.4, 0.5) is 5.69 Å². The van der Waals surface area contributed by atoms with Gasteiger partial charge in [-0.3, -0.25) is 9.69 Å². The fraction of sp³-hybridized carbons (Fsp3) is 0.552. The van der Waals surface area contributed by atoms with Crippen molar-refractivity contribution in [1.29, 1.82) is 0 Å².